The largest absolute Gasteiger partial charge is 0.383 e. The maximum atomic E-state index is 5.72. The third kappa shape index (κ3) is 2.39. The smallest absolute Gasteiger partial charge is 0.197 e. The highest BCUT2D eigenvalue weighted by Crippen LogP contribution is 2.30. The molecule has 0 aliphatic rings. The zero-order valence-corrected chi connectivity index (χ0v) is 11.0. The maximum Gasteiger partial charge on any atom is 0.197 e. The van der Waals surface area contributed by atoms with Gasteiger partial charge in [0.1, 0.15) is 16.7 Å². The molecule has 0 aromatic carbocycles. The number of rotatable bonds is 3. The number of nitrogens with two attached hydrogens (primary N) is 3. The van der Waals surface area contributed by atoms with Gasteiger partial charge in [-0.15, -0.1) is 0 Å². The Labute approximate surface area is 109 Å². The van der Waals surface area contributed by atoms with Crippen LogP contribution in [0.25, 0.3) is 0 Å². The second-order valence-electron chi connectivity index (χ2n) is 3.80. The van der Waals surface area contributed by atoms with Crippen molar-refractivity contribution in [1.82, 2.24) is 19.7 Å². The summed E-state index contributed by atoms with van der Waals surface area (Å²) in [5.41, 5.74) is 18.9. The molecule has 0 saturated heterocycles. The van der Waals surface area contributed by atoms with Crippen LogP contribution >= 0.6 is 11.8 Å². The van der Waals surface area contributed by atoms with Crippen molar-refractivity contribution in [2.24, 2.45) is 12.8 Å². The summed E-state index contributed by atoms with van der Waals surface area (Å²) in [6.07, 6.45) is 0. The molecule has 0 aliphatic heterocycles. The molecule has 96 valence electrons. The number of aromatic nitrogens is 4. The number of anilines is 2. The SMILES string of the molecule is Cc1nn(C)c(Sc2nc(N)cc(N)n2)c1CN. The zero-order chi connectivity index (χ0) is 13.3. The summed E-state index contributed by atoms with van der Waals surface area (Å²) >= 11 is 1.35. The Bertz CT molecular complexity index is 558. The first kappa shape index (κ1) is 12.7. The van der Waals surface area contributed by atoms with Gasteiger partial charge in [0.15, 0.2) is 5.16 Å². The number of aryl methyl sites for hydroxylation is 2. The molecule has 0 amide bonds. The molecule has 2 rings (SSSR count). The molecular weight excluding hydrogens is 250 g/mol. The van der Waals surface area contributed by atoms with Gasteiger partial charge in [0, 0.05) is 25.2 Å². The number of hydrogen-bond donors (Lipinski definition) is 3. The molecule has 2 heterocycles. The maximum absolute atomic E-state index is 5.72. The van der Waals surface area contributed by atoms with E-state index in [0.29, 0.717) is 23.3 Å². The van der Waals surface area contributed by atoms with Crippen molar-refractivity contribution in [3.63, 3.8) is 0 Å². The first-order chi connectivity index (χ1) is 8.51. The molecule has 6 N–H and O–H groups in total. The summed E-state index contributed by atoms with van der Waals surface area (Å²) in [6, 6.07) is 1.52. The zero-order valence-electron chi connectivity index (χ0n) is 10.2. The lowest BCUT2D eigenvalue weighted by molar-refractivity contribution is 0.687. The van der Waals surface area contributed by atoms with Gasteiger partial charge < -0.3 is 17.2 Å². The molecule has 0 aliphatic carbocycles. The molecule has 0 fully saturated rings. The summed E-state index contributed by atoms with van der Waals surface area (Å²) < 4.78 is 1.75. The minimum atomic E-state index is 0.346. The average molecular weight is 265 g/mol. The molecule has 0 saturated carbocycles. The fourth-order valence-corrected chi connectivity index (χ4v) is 2.64. The predicted molar refractivity (Wildman–Crippen MR) is 70.8 cm³/mol. The predicted octanol–water partition coefficient (Wildman–Crippen LogP) is 0.293. The van der Waals surface area contributed by atoms with Crippen LogP contribution in [0.15, 0.2) is 16.2 Å². The summed E-state index contributed by atoms with van der Waals surface area (Å²) in [7, 11) is 1.85. The fourth-order valence-electron chi connectivity index (χ4n) is 1.64. The van der Waals surface area contributed by atoms with Crippen LogP contribution in [0.5, 0.6) is 0 Å². The van der Waals surface area contributed by atoms with Gasteiger partial charge in [0.25, 0.3) is 0 Å². The lowest BCUT2D eigenvalue weighted by Crippen LogP contribution is -2.02. The van der Waals surface area contributed by atoms with Gasteiger partial charge in [-0.05, 0) is 18.7 Å². The van der Waals surface area contributed by atoms with Gasteiger partial charge >= 0.3 is 0 Å². The van der Waals surface area contributed by atoms with Gasteiger partial charge in [-0.2, -0.15) is 5.10 Å². The normalized spacial score (nSPS) is 10.8. The van der Waals surface area contributed by atoms with Gasteiger partial charge in [-0.3, -0.25) is 4.68 Å². The van der Waals surface area contributed by atoms with Crippen LogP contribution < -0.4 is 17.2 Å². The van der Waals surface area contributed by atoms with Crippen LogP contribution in [-0.4, -0.2) is 19.7 Å². The summed E-state index contributed by atoms with van der Waals surface area (Å²) in [5.74, 6) is 0.691. The van der Waals surface area contributed by atoms with Gasteiger partial charge in [-0.1, -0.05) is 0 Å². The number of hydrogen-bond acceptors (Lipinski definition) is 7. The average Bonchev–Trinajstić information content (AvgIpc) is 2.52. The van der Waals surface area contributed by atoms with E-state index in [1.54, 1.807) is 4.68 Å². The Balaban J connectivity index is 2.39. The first-order valence-electron chi connectivity index (χ1n) is 5.31. The van der Waals surface area contributed by atoms with Crippen LogP contribution in [0.3, 0.4) is 0 Å². The molecule has 0 bridgehead atoms. The van der Waals surface area contributed by atoms with E-state index in [4.69, 9.17) is 17.2 Å². The van der Waals surface area contributed by atoms with E-state index in [1.807, 2.05) is 14.0 Å². The van der Waals surface area contributed by atoms with Crippen molar-refractivity contribution < 1.29 is 0 Å². The van der Waals surface area contributed by atoms with Crippen molar-refractivity contribution >= 4 is 23.4 Å². The van der Waals surface area contributed by atoms with Gasteiger partial charge in [-0.25, -0.2) is 9.97 Å². The Hall–Kier alpha value is -1.80. The van der Waals surface area contributed by atoms with Crippen LogP contribution in [0.1, 0.15) is 11.3 Å². The topological polar surface area (TPSA) is 122 Å². The number of nitrogen functional groups attached to an aromatic ring is 2. The minimum Gasteiger partial charge on any atom is -0.383 e. The Kier molecular flexibility index (Phi) is 3.39. The molecule has 0 spiro atoms. The highest BCUT2D eigenvalue weighted by atomic mass is 32.2. The van der Waals surface area contributed by atoms with Crippen LogP contribution in [0.4, 0.5) is 11.6 Å². The van der Waals surface area contributed by atoms with Crippen molar-refractivity contribution in [1.29, 1.82) is 0 Å². The minimum absolute atomic E-state index is 0.346. The van der Waals surface area contributed by atoms with Crippen molar-refractivity contribution in [3.05, 3.63) is 17.3 Å². The van der Waals surface area contributed by atoms with E-state index < -0.39 is 0 Å². The molecule has 2 aromatic heterocycles. The van der Waals surface area contributed by atoms with E-state index in [9.17, 15) is 0 Å². The Morgan fingerprint density at radius 3 is 2.44 bits per heavy atom. The molecule has 18 heavy (non-hydrogen) atoms. The summed E-state index contributed by atoms with van der Waals surface area (Å²) in [4.78, 5) is 8.25. The standard InChI is InChI=1S/C10H15N7S/c1-5-6(4-11)9(17(2)16-5)18-10-14-7(12)3-8(13)15-10/h3H,4,11H2,1-2H3,(H4,12,13,14,15). The third-order valence-electron chi connectivity index (χ3n) is 2.43. The highest BCUT2D eigenvalue weighted by Gasteiger charge is 2.15. The molecule has 7 nitrogen and oxygen atoms in total. The Morgan fingerprint density at radius 1 is 1.28 bits per heavy atom. The molecule has 0 radical (unpaired) electrons. The molecule has 0 unspecified atom stereocenters. The number of nitrogens with zero attached hydrogens (tertiary/aromatic N) is 4. The van der Waals surface area contributed by atoms with Gasteiger partial charge in [0.2, 0.25) is 0 Å². The summed E-state index contributed by atoms with van der Waals surface area (Å²) in [5, 5.41) is 5.71. The first-order valence-corrected chi connectivity index (χ1v) is 6.13. The second kappa shape index (κ2) is 4.83. The van der Waals surface area contributed by atoms with Crippen LogP contribution in [0.2, 0.25) is 0 Å². The van der Waals surface area contributed by atoms with E-state index in [2.05, 4.69) is 15.1 Å². The fraction of sp³-hybridized carbons (Fsp3) is 0.300. The van der Waals surface area contributed by atoms with Crippen molar-refractivity contribution in [3.8, 4) is 0 Å². The molecule has 0 atom stereocenters. The Morgan fingerprint density at radius 2 is 1.89 bits per heavy atom. The molecular formula is C10H15N7S. The van der Waals surface area contributed by atoms with E-state index in [-0.39, 0.29) is 0 Å². The van der Waals surface area contributed by atoms with Crippen molar-refractivity contribution in [2.45, 2.75) is 23.7 Å². The van der Waals surface area contributed by atoms with E-state index in [1.165, 1.54) is 17.8 Å². The lowest BCUT2D eigenvalue weighted by Gasteiger charge is -2.05. The quantitative estimate of drug-likeness (QED) is 0.682. The van der Waals surface area contributed by atoms with Crippen LogP contribution in [-0.2, 0) is 13.6 Å². The van der Waals surface area contributed by atoms with Gasteiger partial charge in [0.05, 0.1) is 5.69 Å². The van der Waals surface area contributed by atoms with Crippen molar-refractivity contribution in [2.75, 3.05) is 11.5 Å². The lowest BCUT2D eigenvalue weighted by atomic mass is 10.3. The highest BCUT2D eigenvalue weighted by molar-refractivity contribution is 7.99. The molecule has 8 heteroatoms. The second-order valence-corrected chi connectivity index (χ2v) is 4.76. The summed E-state index contributed by atoms with van der Waals surface area (Å²) in [6.45, 7) is 2.33. The monoisotopic (exact) mass is 265 g/mol. The van der Waals surface area contributed by atoms with E-state index in [0.717, 1.165) is 16.3 Å². The van der Waals surface area contributed by atoms with Crippen LogP contribution in [0, 0.1) is 6.92 Å². The molecule has 2 aromatic rings. The third-order valence-corrected chi connectivity index (χ3v) is 3.50. The van der Waals surface area contributed by atoms with E-state index >= 15 is 0 Å².